The first kappa shape index (κ1) is 25.7. The topological polar surface area (TPSA) is 54.0 Å². The second kappa shape index (κ2) is 12.0. The molecule has 3 aromatic carbocycles. The summed E-state index contributed by atoms with van der Waals surface area (Å²) in [6.45, 7) is 7.21. The monoisotopic (exact) mass is 486 g/mol. The van der Waals surface area contributed by atoms with Gasteiger partial charge in [0.2, 0.25) is 0 Å². The van der Waals surface area contributed by atoms with Gasteiger partial charge in [-0.15, -0.1) is 0 Å². The molecule has 0 saturated carbocycles. The molecule has 0 aliphatic heterocycles. The molecule has 36 heavy (non-hydrogen) atoms. The van der Waals surface area contributed by atoms with Crippen LogP contribution in [-0.4, -0.2) is 39.0 Å². The van der Waals surface area contributed by atoms with E-state index in [9.17, 15) is 4.79 Å². The zero-order valence-corrected chi connectivity index (χ0v) is 21.5. The number of hydrogen-bond acceptors (Lipinski definition) is 5. The van der Waals surface area contributed by atoms with Gasteiger partial charge < -0.3 is 18.9 Å². The number of esters is 1. The van der Waals surface area contributed by atoms with E-state index in [1.165, 1.54) is 40.5 Å². The third-order valence-corrected chi connectivity index (χ3v) is 6.31. The maximum Gasteiger partial charge on any atom is 0.335 e. The molecule has 3 aromatic rings. The Bertz CT molecular complexity index is 1210. The zero-order chi connectivity index (χ0) is 25.5. The molecule has 1 aliphatic carbocycles. The van der Waals surface area contributed by atoms with Crippen LogP contribution in [0.25, 0.3) is 12.2 Å². The number of rotatable bonds is 10. The Morgan fingerprint density at radius 1 is 0.861 bits per heavy atom. The van der Waals surface area contributed by atoms with Gasteiger partial charge in [0, 0.05) is 13.5 Å². The minimum absolute atomic E-state index is 0.162. The Hall–Kier alpha value is -3.41. The summed E-state index contributed by atoms with van der Waals surface area (Å²) in [4.78, 5) is 12.0. The van der Waals surface area contributed by atoms with Crippen LogP contribution in [0.15, 0.2) is 60.7 Å². The zero-order valence-electron chi connectivity index (χ0n) is 21.5. The molecule has 188 valence electrons. The molecule has 0 aromatic heterocycles. The summed E-state index contributed by atoms with van der Waals surface area (Å²) >= 11 is 0. The molecule has 0 spiro atoms. The van der Waals surface area contributed by atoms with E-state index in [2.05, 4.69) is 62.4 Å². The van der Waals surface area contributed by atoms with Crippen LogP contribution in [0, 0.1) is 13.8 Å². The van der Waals surface area contributed by atoms with E-state index in [0.717, 1.165) is 11.3 Å². The van der Waals surface area contributed by atoms with Crippen molar-refractivity contribution >= 4 is 18.1 Å². The lowest BCUT2D eigenvalue weighted by molar-refractivity contribution is -0.154. The fourth-order valence-corrected chi connectivity index (χ4v) is 4.44. The Morgan fingerprint density at radius 2 is 1.58 bits per heavy atom. The molecule has 0 heterocycles. The molecule has 4 rings (SSSR count). The highest BCUT2D eigenvalue weighted by atomic mass is 16.6. The first-order valence-electron chi connectivity index (χ1n) is 12.4. The van der Waals surface area contributed by atoms with E-state index in [1.54, 1.807) is 6.92 Å². The number of carbonyl (C=O) groups excluding carboxylic acids is 1. The number of benzene rings is 3. The first-order chi connectivity index (χ1) is 17.5. The number of hydrogen-bond donors (Lipinski definition) is 0. The fraction of sp³-hybridized carbons (Fsp3) is 0.323. The summed E-state index contributed by atoms with van der Waals surface area (Å²) in [5, 5.41) is 0. The van der Waals surface area contributed by atoms with E-state index >= 15 is 0 Å². The summed E-state index contributed by atoms with van der Waals surface area (Å²) in [5.41, 5.74) is 8.11. The smallest absolute Gasteiger partial charge is 0.335 e. The highest BCUT2D eigenvalue weighted by Gasteiger charge is 2.23. The van der Waals surface area contributed by atoms with Gasteiger partial charge in [-0.25, -0.2) is 4.79 Å². The van der Waals surface area contributed by atoms with Crippen LogP contribution in [0.4, 0.5) is 0 Å². The lowest BCUT2D eigenvalue weighted by Crippen LogP contribution is -2.27. The van der Waals surface area contributed by atoms with Crippen LogP contribution < -0.4 is 4.74 Å². The quantitative estimate of drug-likeness (QED) is 0.256. The van der Waals surface area contributed by atoms with E-state index in [-0.39, 0.29) is 12.1 Å². The molecular weight excluding hydrogens is 452 g/mol. The van der Waals surface area contributed by atoms with Crippen molar-refractivity contribution in [1.29, 1.82) is 0 Å². The first-order valence-corrected chi connectivity index (χ1v) is 12.4. The third kappa shape index (κ3) is 6.23. The molecule has 2 atom stereocenters. The average Bonchev–Trinajstić information content (AvgIpc) is 3.02. The fourth-order valence-electron chi connectivity index (χ4n) is 4.44. The molecule has 5 nitrogen and oxygen atoms in total. The molecule has 0 radical (unpaired) electrons. The summed E-state index contributed by atoms with van der Waals surface area (Å²) in [6.07, 6.45) is 4.02. The van der Waals surface area contributed by atoms with Crippen LogP contribution in [0.5, 0.6) is 5.75 Å². The van der Waals surface area contributed by atoms with Crippen molar-refractivity contribution in [1.82, 2.24) is 0 Å². The third-order valence-electron chi connectivity index (χ3n) is 6.31. The molecule has 0 amide bonds. The number of carbonyl (C=O) groups is 1. The molecule has 5 heteroatoms. The van der Waals surface area contributed by atoms with Gasteiger partial charge in [0.25, 0.3) is 0 Å². The van der Waals surface area contributed by atoms with Crippen molar-refractivity contribution in [3.05, 3.63) is 99.6 Å². The minimum Gasteiger partial charge on any atom is -0.491 e. The summed E-state index contributed by atoms with van der Waals surface area (Å²) in [6, 6.07) is 20.7. The largest absolute Gasteiger partial charge is 0.491 e. The van der Waals surface area contributed by atoms with Crippen LogP contribution in [0.2, 0.25) is 0 Å². The van der Waals surface area contributed by atoms with Gasteiger partial charge in [0.05, 0.1) is 13.2 Å². The lowest BCUT2D eigenvalue weighted by atomic mass is 9.94. The van der Waals surface area contributed by atoms with E-state index < -0.39 is 6.10 Å². The maximum absolute atomic E-state index is 12.0. The van der Waals surface area contributed by atoms with Gasteiger partial charge in [0.15, 0.2) is 6.10 Å². The van der Waals surface area contributed by atoms with Crippen LogP contribution >= 0.6 is 0 Å². The molecule has 1 aliphatic rings. The number of methoxy groups -OCH3 is 1. The summed E-state index contributed by atoms with van der Waals surface area (Å²) in [7, 11) is 1.52. The van der Waals surface area contributed by atoms with Crippen LogP contribution in [0.3, 0.4) is 0 Å². The highest BCUT2D eigenvalue weighted by Crippen LogP contribution is 2.36. The van der Waals surface area contributed by atoms with Crippen LogP contribution in [-0.2, 0) is 25.4 Å². The van der Waals surface area contributed by atoms with Gasteiger partial charge in [-0.05, 0) is 60.7 Å². The van der Waals surface area contributed by atoms with Crippen molar-refractivity contribution in [2.24, 2.45) is 0 Å². The predicted octanol–water partition coefficient (Wildman–Crippen LogP) is 6.09. The molecule has 0 N–H and O–H groups in total. The normalized spacial score (nSPS) is 14.9. The molecule has 0 bridgehead atoms. The molecule has 2 unspecified atom stereocenters. The number of fused-ring (bicyclic) bond motifs is 2. The molecular formula is C31H34O5. The number of ether oxygens (including phenoxy) is 4. The van der Waals surface area contributed by atoms with Gasteiger partial charge in [-0.1, -0.05) is 71.8 Å². The van der Waals surface area contributed by atoms with Gasteiger partial charge in [-0.3, -0.25) is 0 Å². The number of aryl methyl sites for hydroxylation is 2. The molecule has 0 fully saturated rings. The van der Waals surface area contributed by atoms with Crippen molar-refractivity contribution in [2.75, 3.05) is 26.9 Å². The maximum atomic E-state index is 12.0. The Kier molecular flexibility index (Phi) is 8.57. The van der Waals surface area contributed by atoms with Crippen molar-refractivity contribution in [3.63, 3.8) is 0 Å². The Balaban J connectivity index is 1.38. The minimum atomic E-state index is -0.614. The SMILES string of the molecule is CCOC(=O)C(Cc1ccc(OCCOC2c3ccc(C)cc3C=Cc3ccc(C)cc32)cc1)OC. The van der Waals surface area contributed by atoms with Gasteiger partial charge in [0.1, 0.15) is 18.5 Å². The Morgan fingerprint density at radius 3 is 2.33 bits per heavy atom. The summed E-state index contributed by atoms with van der Waals surface area (Å²) < 4.78 is 22.7. The van der Waals surface area contributed by atoms with E-state index in [4.69, 9.17) is 18.9 Å². The standard InChI is InChI=1S/C31H34O5/c1-5-34-31(32)29(33-4)20-23-8-13-26(14-9-23)35-16-17-36-30-27-15-7-21(2)18-25(27)12-11-24-10-6-22(3)19-28(24)30/h6-15,18-19,29-30H,5,16-17,20H2,1-4H3. The van der Waals surface area contributed by atoms with E-state index in [0.29, 0.717) is 26.2 Å². The second-order valence-corrected chi connectivity index (χ2v) is 9.02. The predicted molar refractivity (Wildman–Crippen MR) is 142 cm³/mol. The molecule has 0 saturated heterocycles. The van der Waals surface area contributed by atoms with Crippen LogP contribution in [0.1, 0.15) is 52.0 Å². The van der Waals surface area contributed by atoms with Gasteiger partial charge in [-0.2, -0.15) is 0 Å². The second-order valence-electron chi connectivity index (χ2n) is 9.02. The summed E-state index contributed by atoms with van der Waals surface area (Å²) in [5.74, 6) is 0.405. The average molecular weight is 487 g/mol. The van der Waals surface area contributed by atoms with Gasteiger partial charge >= 0.3 is 5.97 Å². The Labute approximate surface area is 213 Å². The van der Waals surface area contributed by atoms with Crippen molar-refractivity contribution in [3.8, 4) is 5.75 Å². The highest BCUT2D eigenvalue weighted by molar-refractivity contribution is 5.76. The van der Waals surface area contributed by atoms with Crippen molar-refractivity contribution in [2.45, 2.75) is 39.4 Å². The van der Waals surface area contributed by atoms with E-state index in [1.807, 2.05) is 24.3 Å². The lowest BCUT2D eigenvalue weighted by Gasteiger charge is -2.22. The van der Waals surface area contributed by atoms with Crippen molar-refractivity contribution < 1.29 is 23.7 Å².